The van der Waals surface area contributed by atoms with Gasteiger partial charge in [-0.1, -0.05) is 23.7 Å². The van der Waals surface area contributed by atoms with E-state index in [1.54, 1.807) is 14.2 Å². The van der Waals surface area contributed by atoms with Crippen LogP contribution in [0, 0.1) is 0 Å². The van der Waals surface area contributed by atoms with Gasteiger partial charge in [0, 0.05) is 6.07 Å². The Kier molecular flexibility index (Phi) is 3.45. The molecule has 0 radical (unpaired) electrons. The molecule has 2 aromatic carbocycles. The molecule has 104 valence electrons. The van der Waals surface area contributed by atoms with Crippen LogP contribution in [0.15, 0.2) is 36.4 Å². The van der Waals surface area contributed by atoms with Gasteiger partial charge >= 0.3 is 0 Å². The monoisotopic (exact) mass is 289 g/mol. The van der Waals surface area contributed by atoms with Crippen LogP contribution in [0.3, 0.4) is 0 Å². The van der Waals surface area contributed by atoms with Gasteiger partial charge in [0.2, 0.25) is 0 Å². The number of fused-ring (bicyclic) bond motifs is 1. The zero-order valence-corrected chi connectivity index (χ0v) is 12.2. The van der Waals surface area contributed by atoms with Crippen molar-refractivity contribution in [3.05, 3.63) is 52.5 Å². The number of benzene rings is 2. The molecule has 1 atom stereocenters. The largest absolute Gasteiger partial charge is 0.497 e. The van der Waals surface area contributed by atoms with E-state index < -0.39 is 0 Å². The van der Waals surface area contributed by atoms with Crippen LogP contribution < -0.4 is 14.8 Å². The van der Waals surface area contributed by atoms with Crippen molar-refractivity contribution in [3.8, 4) is 11.5 Å². The van der Waals surface area contributed by atoms with Crippen LogP contribution >= 0.6 is 11.6 Å². The minimum Gasteiger partial charge on any atom is -0.497 e. The molecule has 0 aromatic heterocycles. The van der Waals surface area contributed by atoms with Gasteiger partial charge in [-0.2, -0.15) is 0 Å². The van der Waals surface area contributed by atoms with E-state index >= 15 is 0 Å². The van der Waals surface area contributed by atoms with E-state index in [2.05, 4.69) is 11.4 Å². The zero-order chi connectivity index (χ0) is 14.1. The number of hydrogen-bond donors (Lipinski definition) is 1. The summed E-state index contributed by atoms with van der Waals surface area (Å²) < 4.78 is 10.6. The molecule has 0 amide bonds. The molecular formula is C16H16ClNO2. The fourth-order valence-electron chi connectivity index (χ4n) is 2.58. The molecule has 20 heavy (non-hydrogen) atoms. The number of nitrogens with one attached hydrogen (secondary N) is 1. The normalized spacial score (nSPS) is 16.4. The van der Waals surface area contributed by atoms with Crippen molar-refractivity contribution < 1.29 is 9.47 Å². The molecule has 1 N–H and O–H groups in total. The molecule has 1 aliphatic heterocycles. The highest BCUT2D eigenvalue weighted by atomic mass is 35.5. The Morgan fingerprint density at radius 3 is 2.40 bits per heavy atom. The summed E-state index contributed by atoms with van der Waals surface area (Å²) in [4.78, 5) is 0. The highest BCUT2D eigenvalue weighted by Crippen LogP contribution is 2.40. The molecule has 4 heteroatoms. The zero-order valence-electron chi connectivity index (χ0n) is 11.4. The maximum Gasteiger partial charge on any atom is 0.122 e. The Morgan fingerprint density at radius 1 is 1.10 bits per heavy atom. The van der Waals surface area contributed by atoms with Gasteiger partial charge < -0.3 is 14.8 Å². The summed E-state index contributed by atoms with van der Waals surface area (Å²) >= 11 is 6.23. The summed E-state index contributed by atoms with van der Waals surface area (Å²) in [6.07, 6.45) is 0.909. The minimum absolute atomic E-state index is 0.189. The second kappa shape index (κ2) is 5.25. The summed E-state index contributed by atoms with van der Waals surface area (Å²) in [5.74, 6) is 1.59. The molecule has 0 aliphatic carbocycles. The molecular weight excluding hydrogens is 274 g/mol. The van der Waals surface area contributed by atoms with Gasteiger partial charge in [0.1, 0.15) is 11.5 Å². The Morgan fingerprint density at radius 2 is 1.80 bits per heavy atom. The molecule has 0 spiro atoms. The van der Waals surface area contributed by atoms with E-state index in [9.17, 15) is 0 Å². The molecule has 1 heterocycles. The maximum absolute atomic E-state index is 6.23. The van der Waals surface area contributed by atoms with Gasteiger partial charge in [-0.3, -0.25) is 0 Å². The van der Waals surface area contributed by atoms with Gasteiger partial charge in [-0.05, 0) is 35.7 Å². The van der Waals surface area contributed by atoms with Crippen molar-refractivity contribution in [1.82, 2.24) is 0 Å². The van der Waals surface area contributed by atoms with Gasteiger partial charge in [-0.15, -0.1) is 0 Å². The Bertz CT molecular complexity index is 620. The lowest BCUT2D eigenvalue weighted by molar-refractivity contribution is 0.393. The van der Waals surface area contributed by atoms with Crippen LogP contribution in [0.1, 0.15) is 17.2 Å². The first-order chi connectivity index (χ1) is 9.71. The fraction of sp³-hybridized carbons (Fsp3) is 0.250. The fourth-order valence-corrected chi connectivity index (χ4v) is 2.83. The quantitative estimate of drug-likeness (QED) is 0.924. The number of anilines is 1. The first-order valence-corrected chi connectivity index (χ1v) is 6.86. The topological polar surface area (TPSA) is 30.5 Å². The first-order valence-electron chi connectivity index (χ1n) is 6.48. The molecule has 3 nitrogen and oxygen atoms in total. The van der Waals surface area contributed by atoms with Crippen molar-refractivity contribution in [2.45, 2.75) is 12.5 Å². The highest BCUT2D eigenvalue weighted by molar-refractivity contribution is 6.33. The molecule has 0 bridgehead atoms. The third-order valence-electron chi connectivity index (χ3n) is 3.62. The highest BCUT2D eigenvalue weighted by Gasteiger charge is 2.24. The van der Waals surface area contributed by atoms with Crippen molar-refractivity contribution in [2.75, 3.05) is 19.5 Å². The lowest BCUT2D eigenvalue weighted by atomic mass is 10.0. The van der Waals surface area contributed by atoms with Crippen LogP contribution in [0.5, 0.6) is 11.5 Å². The maximum atomic E-state index is 6.23. The Balaban J connectivity index is 1.94. The third-order valence-corrected chi connectivity index (χ3v) is 3.93. The van der Waals surface area contributed by atoms with Crippen LogP contribution in [0.4, 0.5) is 5.69 Å². The number of ether oxygens (including phenoxy) is 2. The van der Waals surface area contributed by atoms with Gasteiger partial charge in [0.15, 0.2) is 0 Å². The van der Waals surface area contributed by atoms with Gasteiger partial charge in [0.05, 0.1) is 31.0 Å². The SMILES string of the molecule is COc1cc(OC)cc(C2Cc3cccc(Cl)c3N2)c1. The van der Waals surface area contributed by atoms with E-state index in [0.29, 0.717) is 0 Å². The van der Waals surface area contributed by atoms with Crippen LogP contribution in [-0.2, 0) is 6.42 Å². The van der Waals surface area contributed by atoms with E-state index in [4.69, 9.17) is 21.1 Å². The summed E-state index contributed by atoms with van der Waals surface area (Å²) in [5.41, 5.74) is 3.40. The Hall–Kier alpha value is -1.87. The predicted octanol–water partition coefficient (Wildman–Crippen LogP) is 4.07. The van der Waals surface area contributed by atoms with E-state index in [1.807, 2.05) is 30.3 Å². The number of hydrogen-bond acceptors (Lipinski definition) is 3. The summed E-state index contributed by atoms with van der Waals surface area (Å²) in [7, 11) is 3.32. The molecule has 0 saturated heterocycles. The van der Waals surface area contributed by atoms with Crippen molar-refractivity contribution in [1.29, 1.82) is 0 Å². The van der Waals surface area contributed by atoms with E-state index in [1.165, 1.54) is 5.56 Å². The first kappa shape index (κ1) is 13.1. The predicted molar refractivity (Wildman–Crippen MR) is 81.1 cm³/mol. The lowest BCUT2D eigenvalue weighted by Gasteiger charge is -2.15. The molecule has 3 rings (SSSR count). The van der Waals surface area contributed by atoms with Crippen LogP contribution in [0.25, 0.3) is 0 Å². The third kappa shape index (κ3) is 2.29. The van der Waals surface area contributed by atoms with Gasteiger partial charge in [-0.25, -0.2) is 0 Å². The lowest BCUT2D eigenvalue weighted by Crippen LogP contribution is -2.06. The van der Waals surface area contributed by atoms with Crippen molar-refractivity contribution >= 4 is 17.3 Å². The van der Waals surface area contributed by atoms with E-state index in [0.717, 1.165) is 34.2 Å². The summed E-state index contributed by atoms with van der Waals surface area (Å²) in [6.45, 7) is 0. The molecule has 1 aliphatic rings. The van der Waals surface area contributed by atoms with Crippen LogP contribution in [0.2, 0.25) is 5.02 Å². The summed E-state index contributed by atoms with van der Waals surface area (Å²) in [6, 6.07) is 12.1. The van der Waals surface area contributed by atoms with Crippen LogP contribution in [-0.4, -0.2) is 14.2 Å². The van der Waals surface area contributed by atoms with Crippen molar-refractivity contribution in [3.63, 3.8) is 0 Å². The summed E-state index contributed by atoms with van der Waals surface area (Å²) in [5, 5.41) is 4.24. The van der Waals surface area contributed by atoms with E-state index in [-0.39, 0.29) is 6.04 Å². The number of rotatable bonds is 3. The number of methoxy groups -OCH3 is 2. The van der Waals surface area contributed by atoms with Crippen molar-refractivity contribution in [2.24, 2.45) is 0 Å². The molecule has 0 fully saturated rings. The second-order valence-corrected chi connectivity index (χ2v) is 5.23. The van der Waals surface area contributed by atoms with Gasteiger partial charge in [0.25, 0.3) is 0 Å². The molecule has 0 saturated carbocycles. The Labute approximate surface area is 123 Å². The standard InChI is InChI=1S/C16H16ClNO2/c1-19-12-6-11(7-13(9-12)20-2)15-8-10-4-3-5-14(17)16(10)18-15/h3-7,9,15,18H,8H2,1-2H3. The second-order valence-electron chi connectivity index (χ2n) is 4.82. The average molecular weight is 290 g/mol. The molecule has 2 aromatic rings. The molecule has 1 unspecified atom stereocenters. The minimum atomic E-state index is 0.189. The number of para-hydroxylation sites is 1. The number of halogens is 1. The average Bonchev–Trinajstić information content (AvgIpc) is 2.92. The smallest absolute Gasteiger partial charge is 0.122 e.